The van der Waals surface area contributed by atoms with Crippen LogP contribution in [0.15, 0.2) is 12.2 Å². The maximum atomic E-state index is 11.2. The summed E-state index contributed by atoms with van der Waals surface area (Å²) in [5, 5.41) is 8.30. The second-order valence-corrected chi connectivity index (χ2v) is 6.40. The summed E-state index contributed by atoms with van der Waals surface area (Å²) in [6, 6.07) is 0. The molecule has 0 spiro atoms. The molecule has 1 N–H and O–H groups in total. The molecule has 0 aliphatic carbocycles. The molecule has 0 heterocycles. The van der Waals surface area contributed by atoms with Gasteiger partial charge in [-0.1, -0.05) is 70.4 Å². The van der Waals surface area contributed by atoms with Gasteiger partial charge in [0.2, 0.25) is 0 Å². The quantitative estimate of drug-likeness (QED) is 0.118. The summed E-state index contributed by atoms with van der Waals surface area (Å²) in [6.45, 7) is 2.24. The fraction of sp³-hybridized carbons (Fsp3) is 0.750. The van der Waals surface area contributed by atoms with Crippen molar-refractivity contribution in [3.05, 3.63) is 12.2 Å². The van der Waals surface area contributed by atoms with Gasteiger partial charge in [0.05, 0.1) is 0 Å². The average Bonchev–Trinajstić information content (AvgIpc) is 2.58. The number of carbonyl (C=O) groups is 3. The third-order valence-electron chi connectivity index (χ3n) is 4.02. The topological polar surface area (TPSA) is 80.7 Å². The molecule has 0 amide bonds. The van der Waals surface area contributed by atoms with E-state index in [1.54, 1.807) is 0 Å². The predicted octanol–water partition coefficient (Wildman–Crippen LogP) is 3.88. The zero-order chi connectivity index (χ0) is 18.8. The standard InChI is InChI=1S/C20H34O5.2Li.2H/c1-2-3-4-5-6-7-8-9-10-11-12-13-14-15-16-17-18(21)25-20(24)19(22)23;;;;/h9-10H,2-8,11-17H2,1H3,(H,22,23);;;;/b10-9-;;;;. The number of carboxylic acids is 1. The number of esters is 2. The van der Waals surface area contributed by atoms with Crippen molar-refractivity contribution in [2.24, 2.45) is 0 Å². The van der Waals surface area contributed by atoms with Crippen molar-refractivity contribution in [2.45, 2.75) is 96.8 Å². The summed E-state index contributed by atoms with van der Waals surface area (Å²) in [5.41, 5.74) is 0. The molecule has 0 saturated heterocycles. The molecule has 0 radical (unpaired) electrons. The van der Waals surface area contributed by atoms with E-state index in [9.17, 15) is 14.4 Å². The molecule has 0 unspecified atom stereocenters. The molecule has 0 aromatic carbocycles. The van der Waals surface area contributed by atoms with E-state index in [0.29, 0.717) is 6.42 Å². The van der Waals surface area contributed by atoms with Crippen LogP contribution in [0.3, 0.4) is 0 Å². The number of carboxylic acid groups (broad SMARTS) is 1. The fourth-order valence-corrected chi connectivity index (χ4v) is 2.54. The van der Waals surface area contributed by atoms with Gasteiger partial charge in [0.15, 0.2) is 0 Å². The summed E-state index contributed by atoms with van der Waals surface area (Å²) in [7, 11) is 0. The van der Waals surface area contributed by atoms with Gasteiger partial charge in [-0.3, -0.25) is 4.79 Å². The Bertz CT molecular complexity index is 411. The van der Waals surface area contributed by atoms with E-state index >= 15 is 0 Å². The van der Waals surface area contributed by atoms with Gasteiger partial charge in [0.1, 0.15) is 0 Å². The van der Waals surface area contributed by atoms with Crippen LogP contribution in [0.1, 0.15) is 96.8 Å². The van der Waals surface area contributed by atoms with Gasteiger partial charge in [-0.05, 0) is 32.1 Å². The Morgan fingerprint density at radius 2 is 1.19 bits per heavy atom. The minimum absolute atomic E-state index is 0. The van der Waals surface area contributed by atoms with Gasteiger partial charge < -0.3 is 9.84 Å². The normalized spacial score (nSPS) is 10.1. The van der Waals surface area contributed by atoms with Crippen LogP contribution < -0.4 is 0 Å². The second-order valence-electron chi connectivity index (χ2n) is 6.40. The molecule has 0 saturated carbocycles. The summed E-state index contributed by atoms with van der Waals surface area (Å²) in [4.78, 5) is 32.1. The van der Waals surface area contributed by atoms with Crippen LogP contribution in [0.5, 0.6) is 0 Å². The van der Waals surface area contributed by atoms with Gasteiger partial charge in [-0.15, -0.1) is 0 Å². The number of allylic oxidation sites excluding steroid dienone is 2. The maximum absolute atomic E-state index is 11.2. The average molecular weight is 370 g/mol. The van der Waals surface area contributed by atoms with E-state index < -0.39 is 17.9 Å². The molecule has 0 rings (SSSR count). The van der Waals surface area contributed by atoms with Crippen molar-refractivity contribution in [3.63, 3.8) is 0 Å². The molecule has 148 valence electrons. The summed E-state index contributed by atoms with van der Waals surface area (Å²) in [6.07, 6.45) is 19.8. The Hall–Kier alpha value is -0.455. The van der Waals surface area contributed by atoms with E-state index in [1.165, 1.54) is 44.9 Å². The van der Waals surface area contributed by atoms with Crippen molar-refractivity contribution in [2.75, 3.05) is 0 Å². The first-order valence-corrected chi connectivity index (χ1v) is 9.70. The minimum atomic E-state index is -1.74. The monoisotopic (exact) mass is 370 g/mol. The van der Waals surface area contributed by atoms with Crippen molar-refractivity contribution >= 4 is 55.6 Å². The zero-order valence-corrected chi connectivity index (χ0v) is 15.6. The predicted molar refractivity (Wildman–Crippen MR) is 112 cm³/mol. The van der Waals surface area contributed by atoms with Crippen molar-refractivity contribution < 1.29 is 24.2 Å². The van der Waals surface area contributed by atoms with Gasteiger partial charge in [-0.2, -0.15) is 0 Å². The van der Waals surface area contributed by atoms with E-state index in [2.05, 4.69) is 23.8 Å². The molecule has 5 nitrogen and oxygen atoms in total. The SMILES string of the molecule is CCCCCCCC/C=C\CCCCCCCC(=O)OC(=O)C(=O)O.[LiH].[LiH]. The third-order valence-corrected chi connectivity index (χ3v) is 4.02. The van der Waals surface area contributed by atoms with Crippen LogP contribution in [-0.2, 0) is 19.1 Å². The zero-order valence-electron chi connectivity index (χ0n) is 15.6. The molecule has 0 atom stereocenters. The van der Waals surface area contributed by atoms with Gasteiger partial charge >= 0.3 is 55.6 Å². The first-order chi connectivity index (χ1) is 12.1. The fourth-order valence-electron chi connectivity index (χ4n) is 2.54. The van der Waals surface area contributed by atoms with Crippen LogP contribution >= 0.6 is 0 Å². The van der Waals surface area contributed by atoms with Crippen molar-refractivity contribution in [1.82, 2.24) is 0 Å². The molecule has 0 aliphatic rings. The van der Waals surface area contributed by atoms with Crippen molar-refractivity contribution in [3.8, 4) is 0 Å². The number of hydrogen-bond acceptors (Lipinski definition) is 4. The number of ether oxygens (including phenoxy) is 1. The van der Waals surface area contributed by atoms with Crippen LogP contribution in [0.25, 0.3) is 0 Å². The summed E-state index contributed by atoms with van der Waals surface area (Å²) < 4.78 is 4.14. The number of carbonyl (C=O) groups excluding carboxylic acids is 2. The number of rotatable bonds is 15. The van der Waals surface area contributed by atoms with Crippen LogP contribution in [0, 0.1) is 0 Å². The van der Waals surface area contributed by atoms with E-state index in [1.807, 2.05) is 0 Å². The molecule has 27 heavy (non-hydrogen) atoms. The van der Waals surface area contributed by atoms with E-state index in [4.69, 9.17) is 5.11 Å². The Balaban J connectivity index is -0.00000288. The Kier molecular flexibility index (Phi) is 27.3. The molecular formula is C20H36Li2O5. The molecular weight excluding hydrogens is 334 g/mol. The second kappa shape index (κ2) is 23.6. The summed E-state index contributed by atoms with van der Waals surface area (Å²) in [5.74, 6) is -4.00. The van der Waals surface area contributed by atoms with Gasteiger partial charge in [0.25, 0.3) is 0 Å². The number of unbranched alkanes of at least 4 members (excludes halogenated alkanes) is 11. The Morgan fingerprint density at radius 1 is 0.741 bits per heavy atom. The first kappa shape index (κ1) is 31.2. The van der Waals surface area contributed by atoms with Crippen LogP contribution in [0.2, 0.25) is 0 Å². The first-order valence-electron chi connectivity index (χ1n) is 9.70. The molecule has 7 heteroatoms. The number of aliphatic carboxylic acids is 1. The van der Waals surface area contributed by atoms with E-state index in [0.717, 1.165) is 32.1 Å². The van der Waals surface area contributed by atoms with Gasteiger partial charge in [-0.25, -0.2) is 9.59 Å². The number of hydrogen-bond donors (Lipinski definition) is 1. The Labute approximate surface area is 188 Å². The molecule has 0 bridgehead atoms. The molecule has 0 aliphatic heterocycles. The van der Waals surface area contributed by atoms with Gasteiger partial charge in [0, 0.05) is 6.42 Å². The summed E-state index contributed by atoms with van der Waals surface area (Å²) >= 11 is 0. The van der Waals surface area contributed by atoms with Crippen LogP contribution in [-0.4, -0.2) is 60.7 Å². The van der Waals surface area contributed by atoms with Crippen molar-refractivity contribution in [1.29, 1.82) is 0 Å². The third kappa shape index (κ3) is 23.5. The van der Waals surface area contributed by atoms with E-state index in [-0.39, 0.29) is 44.1 Å². The molecule has 0 fully saturated rings. The molecule has 0 aromatic rings. The molecule has 0 aromatic heterocycles. The Morgan fingerprint density at radius 3 is 1.67 bits per heavy atom. The van der Waals surface area contributed by atoms with Crippen LogP contribution in [0.4, 0.5) is 0 Å².